The molecule has 0 aliphatic heterocycles. The van der Waals surface area contributed by atoms with Gasteiger partial charge in [-0.3, -0.25) is 0 Å². The van der Waals surface area contributed by atoms with Crippen LogP contribution < -0.4 is 0 Å². The van der Waals surface area contributed by atoms with E-state index in [9.17, 15) is 4.39 Å². The summed E-state index contributed by atoms with van der Waals surface area (Å²) >= 11 is 0. The van der Waals surface area contributed by atoms with Crippen LogP contribution in [0.4, 0.5) is 4.39 Å². The van der Waals surface area contributed by atoms with Crippen molar-refractivity contribution in [2.24, 2.45) is 11.8 Å². The molecule has 0 aliphatic rings. The molecule has 1 N–H and O–H groups in total. The van der Waals surface area contributed by atoms with E-state index in [1.165, 1.54) is 6.92 Å². The maximum absolute atomic E-state index is 12.6. The normalized spacial score (nSPS) is 21.7. The van der Waals surface area contributed by atoms with Crippen LogP contribution in [0.1, 0.15) is 27.7 Å². The van der Waals surface area contributed by atoms with E-state index < -0.39 is 5.85 Å². The van der Waals surface area contributed by atoms with E-state index >= 15 is 0 Å². The van der Waals surface area contributed by atoms with Gasteiger partial charge >= 0.3 is 0 Å². The Labute approximate surface area is 55.9 Å². The third-order valence-corrected chi connectivity index (χ3v) is 1.83. The molecule has 56 valence electrons. The molecule has 1 nitrogen and oxygen atoms in total. The van der Waals surface area contributed by atoms with Crippen molar-refractivity contribution in [2.45, 2.75) is 33.5 Å². The van der Waals surface area contributed by atoms with E-state index in [4.69, 9.17) is 5.11 Å². The van der Waals surface area contributed by atoms with Gasteiger partial charge in [0.2, 0.25) is 5.85 Å². The minimum absolute atomic E-state index is 0.185. The average Bonchev–Trinajstić information content (AvgIpc) is 1.62. The zero-order valence-electron chi connectivity index (χ0n) is 6.48. The molecule has 0 rings (SSSR count). The highest BCUT2D eigenvalue weighted by Crippen LogP contribution is 2.24. The van der Waals surface area contributed by atoms with Crippen LogP contribution in [0.3, 0.4) is 0 Å². The van der Waals surface area contributed by atoms with Crippen LogP contribution in [-0.4, -0.2) is 11.0 Å². The van der Waals surface area contributed by atoms with Gasteiger partial charge in [-0.15, -0.1) is 0 Å². The maximum atomic E-state index is 12.6. The van der Waals surface area contributed by atoms with Crippen molar-refractivity contribution in [1.29, 1.82) is 0 Å². The molecule has 0 aromatic rings. The third-order valence-electron chi connectivity index (χ3n) is 1.83. The Morgan fingerprint density at radius 1 is 1.33 bits per heavy atom. The first kappa shape index (κ1) is 8.89. The average molecular weight is 134 g/mol. The highest BCUT2D eigenvalue weighted by Gasteiger charge is 2.29. The van der Waals surface area contributed by atoms with Gasteiger partial charge in [0.05, 0.1) is 0 Å². The Morgan fingerprint density at radius 3 is 1.67 bits per heavy atom. The molecule has 0 unspecified atom stereocenters. The first-order valence-electron chi connectivity index (χ1n) is 3.27. The summed E-state index contributed by atoms with van der Waals surface area (Å²) in [6.45, 7) is 6.67. The van der Waals surface area contributed by atoms with E-state index in [0.717, 1.165) is 0 Å². The lowest BCUT2D eigenvalue weighted by molar-refractivity contribution is -0.125. The number of aliphatic hydroxyl groups is 1. The Morgan fingerprint density at radius 2 is 1.67 bits per heavy atom. The minimum atomic E-state index is -2.02. The van der Waals surface area contributed by atoms with Crippen LogP contribution in [0.25, 0.3) is 0 Å². The minimum Gasteiger partial charge on any atom is -0.362 e. The summed E-state index contributed by atoms with van der Waals surface area (Å²) in [5.41, 5.74) is 0. The SMILES string of the molecule is CC(C)[C@H](C)[C@](C)(O)F. The van der Waals surface area contributed by atoms with Crippen LogP contribution in [0.2, 0.25) is 0 Å². The van der Waals surface area contributed by atoms with Crippen LogP contribution in [0.15, 0.2) is 0 Å². The monoisotopic (exact) mass is 134 g/mol. The first-order valence-corrected chi connectivity index (χ1v) is 3.27. The second-order valence-corrected chi connectivity index (χ2v) is 3.06. The van der Waals surface area contributed by atoms with Crippen molar-refractivity contribution in [3.63, 3.8) is 0 Å². The highest BCUT2D eigenvalue weighted by atomic mass is 19.2. The smallest absolute Gasteiger partial charge is 0.206 e. The lowest BCUT2D eigenvalue weighted by Crippen LogP contribution is -2.30. The molecule has 2 atom stereocenters. The van der Waals surface area contributed by atoms with Gasteiger partial charge in [-0.2, -0.15) is 0 Å². The van der Waals surface area contributed by atoms with E-state index in [1.54, 1.807) is 6.92 Å². The van der Waals surface area contributed by atoms with E-state index in [-0.39, 0.29) is 11.8 Å². The molecule has 0 saturated heterocycles. The van der Waals surface area contributed by atoms with Crippen molar-refractivity contribution in [2.75, 3.05) is 0 Å². The molecule has 0 aromatic heterocycles. The van der Waals surface area contributed by atoms with E-state index in [0.29, 0.717) is 0 Å². The second kappa shape index (κ2) is 2.65. The molecule has 0 saturated carbocycles. The topological polar surface area (TPSA) is 20.2 Å². The van der Waals surface area contributed by atoms with Gasteiger partial charge in [-0.25, -0.2) is 4.39 Å². The maximum Gasteiger partial charge on any atom is 0.206 e. The van der Waals surface area contributed by atoms with Gasteiger partial charge in [0.15, 0.2) is 0 Å². The van der Waals surface area contributed by atoms with Crippen molar-refractivity contribution < 1.29 is 9.50 Å². The molecule has 9 heavy (non-hydrogen) atoms. The van der Waals surface area contributed by atoms with Crippen molar-refractivity contribution in [1.82, 2.24) is 0 Å². The molecule has 0 heterocycles. The summed E-state index contributed by atoms with van der Waals surface area (Å²) in [7, 11) is 0. The quantitative estimate of drug-likeness (QED) is 0.612. The fourth-order valence-corrected chi connectivity index (χ4v) is 0.608. The molecule has 0 aliphatic carbocycles. The number of rotatable bonds is 2. The zero-order valence-corrected chi connectivity index (χ0v) is 6.48. The Kier molecular flexibility index (Phi) is 2.62. The number of hydrogen-bond donors (Lipinski definition) is 1. The van der Waals surface area contributed by atoms with Crippen LogP contribution in [-0.2, 0) is 0 Å². The molecule has 0 aromatic carbocycles. The molecule has 0 fully saturated rings. The first-order chi connectivity index (χ1) is 3.85. The van der Waals surface area contributed by atoms with Gasteiger partial charge in [-0.1, -0.05) is 20.8 Å². The lowest BCUT2D eigenvalue weighted by Gasteiger charge is -2.24. The van der Waals surface area contributed by atoms with Crippen LogP contribution in [0.5, 0.6) is 0 Å². The summed E-state index contributed by atoms with van der Waals surface area (Å²) in [4.78, 5) is 0. The predicted molar refractivity (Wildman–Crippen MR) is 35.7 cm³/mol. The Balaban J connectivity index is 3.88. The van der Waals surface area contributed by atoms with Gasteiger partial charge < -0.3 is 5.11 Å². The number of alkyl halides is 1. The van der Waals surface area contributed by atoms with Crippen molar-refractivity contribution in [3.05, 3.63) is 0 Å². The molecule has 2 heteroatoms. The molecule has 0 bridgehead atoms. The Bertz CT molecular complexity index is 83.4. The standard InChI is InChI=1S/C7H15FO/c1-5(2)6(3)7(4,8)9/h5-6,9H,1-4H3/t6-,7-/m0/s1. The van der Waals surface area contributed by atoms with Crippen LogP contribution >= 0.6 is 0 Å². The zero-order chi connectivity index (χ0) is 7.65. The summed E-state index contributed by atoms with van der Waals surface area (Å²) in [6.07, 6.45) is 0. The van der Waals surface area contributed by atoms with Gasteiger partial charge in [-0.05, 0) is 12.8 Å². The molecular weight excluding hydrogens is 119 g/mol. The molecular formula is C7H15FO. The van der Waals surface area contributed by atoms with Gasteiger partial charge in [0, 0.05) is 5.92 Å². The summed E-state index contributed by atoms with van der Waals surface area (Å²) < 4.78 is 12.6. The Hall–Kier alpha value is -0.110. The number of hydrogen-bond acceptors (Lipinski definition) is 1. The summed E-state index contributed by atoms with van der Waals surface area (Å²) in [5.74, 6) is -2.13. The second-order valence-electron chi connectivity index (χ2n) is 3.06. The number of halogens is 1. The van der Waals surface area contributed by atoms with Gasteiger partial charge in [0.1, 0.15) is 0 Å². The van der Waals surface area contributed by atoms with Crippen molar-refractivity contribution in [3.8, 4) is 0 Å². The molecule has 0 radical (unpaired) electrons. The molecule has 0 amide bonds. The highest BCUT2D eigenvalue weighted by molar-refractivity contribution is 4.69. The van der Waals surface area contributed by atoms with E-state index in [2.05, 4.69) is 0 Å². The largest absolute Gasteiger partial charge is 0.362 e. The fraction of sp³-hybridized carbons (Fsp3) is 1.00. The fourth-order valence-electron chi connectivity index (χ4n) is 0.608. The summed E-state index contributed by atoms with van der Waals surface area (Å²) in [5, 5.41) is 8.79. The van der Waals surface area contributed by atoms with E-state index in [1.807, 2.05) is 13.8 Å². The predicted octanol–water partition coefficient (Wildman–Crippen LogP) is 1.96. The lowest BCUT2D eigenvalue weighted by atomic mass is 9.92. The van der Waals surface area contributed by atoms with Crippen LogP contribution in [0, 0.1) is 11.8 Å². The third kappa shape index (κ3) is 2.80. The van der Waals surface area contributed by atoms with Gasteiger partial charge in [0.25, 0.3) is 0 Å². The summed E-state index contributed by atoms with van der Waals surface area (Å²) in [6, 6.07) is 0. The molecule has 0 spiro atoms. The van der Waals surface area contributed by atoms with Crippen molar-refractivity contribution >= 4 is 0 Å².